The molecule has 0 unspecified atom stereocenters. The van der Waals surface area contributed by atoms with Gasteiger partial charge in [-0.15, -0.1) is 0 Å². The Morgan fingerprint density at radius 3 is 3.06 bits per heavy atom. The van der Waals surface area contributed by atoms with Crippen LogP contribution in [0.4, 0.5) is 0 Å². The van der Waals surface area contributed by atoms with Gasteiger partial charge in [0.25, 0.3) is 5.91 Å². The molecule has 0 spiro atoms. The predicted octanol–water partition coefficient (Wildman–Crippen LogP) is 0.579. The maximum atomic E-state index is 11.5. The average Bonchev–Trinajstić information content (AvgIpc) is 2.77. The molecule has 1 amide bonds. The molecule has 0 radical (unpaired) electrons. The van der Waals surface area contributed by atoms with Gasteiger partial charge in [0.1, 0.15) is 0 Å². The molecule has 86 valence electrons. The molecule has 0 atom stereocenters. The average molecular weight is 229 g/mol. The maximum absolute atomic E-state index is 11.5. The summed E-state index contributed by atoms with van der Waals surface area (Å²) in [7, 11) is 1.75. The molecule has 0 saturated carbocycles. The van der Waals surface area contributed by atoms with Gasteiger partial charge in [-0.25, -0.2) is 5.43 Å². The van der Waals surface area contributed by atoms with Crippen molar-refractivity contribution in [2.24, 2.45) is 12.1 Å². The molecule has 1 N–H and O–H groups in total. The van der Waals surface area contributed by atoms with Gasteiger partial charge in [-0.05, 0) is 12.1 Å². The highest BCUT2D eigenvalue weighted by molar-refractivity contribution is 5.92. The highest BCUT2D eigenvalue weighted by Crippen LogP contribution is 1.94. The van der Waals surface area contributed by atoms with Crippen LogP contribution in [-0.4, -0.2) is 26.9 Å². The van der Waals surface area contributed by atoms with E-state index >= 15 is 0 Å². The molecule has 2 heterocycles. The molecule has 0 aliphatic carbocycles. The second-order valence-corrected chi connectivity index (χ2v) is 3.36. The van der Waals surface area contributed by atoms with Crippen LogP contribution in [0.15, 0.2) is 41.9 Å². The van der Waals surface area contributed by atoms with Gasteiger partial charge in [-0.2, -0.15) is 10.2 Å². The van der Waals surface area contributed by atoms with Crippen molar-refractivity contribution in [1.82, 2.24) is 20.2 Å². The number of carbonyl (C=O) groups excluding carboxylic acids is 1. The number of hydrogen-bond donors (Lipinski definition) is 1. The molecule has 2 aromatic rings. The third kappa shape index (κ3) is 2.97. The lowest BCUT2D eigenvalue weighted by Gasteiger charge is -1.95. The Kier molecular flexibility index (Phi) is 3.25. The number of nitrogens with one attached hydrogen (secondary N) is 1. The Bertz CT molecular complexity index is 532. The number of aromatic nitrogens is 3. The van der Waals surface area contributed by atoms with E-state index in [0.29, 0.717) is 5.69 Å². The number of rotatable bonds is 3. The lowest BCUT2D eigenvalue weighted by molar-refractivity contribution is 0.0949. The molecule has 0 fully saturated rings. The smallest absolute Gasteiger partial charge is 0.275 e. The van der Waals surface area contributed by atoms with Gasteiger partial charge in [0.05, 0.1) is 6.21 Å². The molecular weight excluding hydrogens is 218 g/mol. The number of hydrogen-bond acceptors (Lipinski definition) is 4. The summed E-state index contributed by atoms with van der Waals surface area (Å²) in [4.78, 5) is 15.5. The van der Waals surface area contributed by atoms with Crippen molar-refractivity contribution in [3.8, 4) is 0 Å². The fourth-order valence-electron chi connectivity index (χ4n) is 1.21. The summed E-state index contributed by atoms with van der Waals surface area (Å²) in [5.74, 6) is -0.342. The minimum absolute atomic E-state index is 0.329. The van der Waals surface area contributed by atoms with E-state index in [1.807, 2.05) is 6.07 Å². The van der Waals surface area contributed by atoms with Crippen LogP contribution in [0.1, 0.15) is 16.1 Å². The summed E-state index contributed by atoms with van der Waals surface area (Å²) in [6, 6.07) is 5.25. The van der Waals surface area contributed by atoms with Gasteiger partial charge in [0, 0.05) is 31.2 Å². The standard InChI is InChI=1S/C11H11N5O/c1-16-6-4-10(15-16)11(17)14-13-8-9-3-2-5-12-7-9/h2-8H,1H3,(H,14,17)/b13-8+. The van der Waals surface area contributed by atoms with Crippen LogP contribution in [-0.2, 0) is 7.05 Å². The first kappa shape index (κ1) is 11.0. The Morgan fingerprint density at radius 1 is 1.53 bits per heavy atom. The first-order chi connectivity index (χ1) is 8.25. The van der Waals surface area contributed by atoms with Gasteiger partial charge in [0.2, 0.25) is 0 Å². The van der Waals surface area contributed by atoms with E-state index in [-0.39, 0.29) is 5.91 Å². The van der Waals surface area contributed by atoms with Crippen molar-refractivity contribution in [3.63, 3.8) is 0 Å². The second kappa shape index (κ2) is 5.02. The van der Waals surface area contributed by atoms with Crippen LogP contribution in [0.2, 0.25) is 0 Å². The highest BCUT2D eigenvalue weighted by Gasteiger charge is 2.06. The lowest BCUT2D eigenvalue weighted by Crippen LogP contribution is -2.18. The van der Waals surface area contributed by atoms with Gasteiger partial charge < -0.3 is 0 Å². The molecule has 6 heteroatoms. The van der Waals surface area contributed by atoms with Crippen molar-refractivity contribution in [2.45, 2.75) is 0 Å². The molecular formula is C11H11N5O. The molecule has 0 bridgehead atoms. The Hall–Kier alpha value is -2.50. The number of aryl methyl sites for hydroxylation is 1. The van der Waals surface area contributed by atoms with E-state index in [1.165, 1.54) is 6.21 Å². The zero-order chi connectivity index (χ0) is 12.1. The minimum Gasteiger partial charge on any atom is -0.275 e. The van der Waals surface area contributed by atoms with Gasteiger partial charge >= 0.3 is 0 Å². The molecule has 2 rings (SSSR count). The first-order valence-electron chi connectivity index (χ1n) is 4.99. The fraction of sp³-hybridized carbons (Fsp3) is 0.0909. The van der Waals surface area contributed by atoms with Crippen molar-refractivity contribution in [2.75, 3.05) is 0 Å². The molecule has 0 saturated heterocycles. The summed E-state index contributed by atoms with van der Waals surface area (Å²) in [6.45, 7) is 0. The molecule has 0 aliphatic rings. The molecule has 17 heavy (non-hydrogen) atoms. The largest absolute Gasteiger partial charge is 0.291 e. The summed E-state index contributed by atoms with van der Waals surface area (Å²) in [5, 5.41) is 7.77. The second-order valence-electron chi connectivity index (χ2n) is 3.36. The summed E-state index contributed by atoms with van der Waals surface area (Å²) >= 11 is 0. The quantitative estimate of drug-likeness (QED) is 0.618. The topological polar surface area (TPSA) is 72.2 Å². The molecule has 0 aliphatic heterocycles. The number of hydrazone groups is 1. The normalized spacial score (nSPS) is 10.6. The van der Waals surface area contributed by atoms with E-state index in [4.69, 9.17) is 0 Å². The zero-order valence-electron chi connectivity index (χ0n) is 9.24. The van der Waals surface area contributed by atoms with Crippen molar-refractivity contribution in [1.29, 1.82) is 0 Å². The van der Waals surface area contributed by atoms with Crippen LogP contribution in [0.3, 0.4) is 0 Å². The van der Waals surface area contributed by atoms with Crippen LogP contribution >= 0.6 is 0 Å². The minimum atomic E-state index is -0.342. The van der Waals surface area contributed by atoms with Crippen molar-refractivity contribution in [3.05, 3.63) is 48.0 Å². The number of nitrogens with zero attached hydrogens (tertiary/aromatic N) is 4. The van der Waals surface area contributed by atoms with Crippen LogP contribution in [0.25, 0.3) is 0 Å². The summed E-state index contributed by atoms with van der Waals surface area (Å²) in [6.07, 6.45) is 6.54. The highest BCUT2D eigenvalue weighted by atomic mass is 16.2. The third-order valence-corrected chi connectivity index (χ3v) is 2.01. The predicted molar refractivity (Wildman–Crippen MR) is 62.5 cm³/mol. The zero-order valence-corrected chi connectivity index (χ0v) is 9.24. The Labute approximate surface area is 98.0 Å². The third-order valence-electron chi connectivity index (χ3n) is 2.01. The number of carbonyl (C=O) groups is 1. The Morgan fingerprint density at radius 2 is 2.41 bits per heavy atom. The van der Waals surface area contributed by atoms with Crippen molar-refractivity contribution < 1.29 is 4.79 Å². The number of amides is 1. The molecule has 2 aromatic heterocycles. The first-order valence-corrected chi connectivity index (χ1v) is 4.99. The molecule has 0 aromatic carbocycles. The fourth-order valence-corrected chi connectivity index (χ4v) is 1.21. The lowest BCUT2D eigenvalue weighted by atomic mass is 10.3. The van der Waals surface area contributed by atoms with E-state index in [1.54, 1.807) is 42.5 Å². The number of pyridine rings is 1. The molecule has 6 nitrogen and oxygen atoms in total. The van der Waals surface area contributed by atoms with Gasteiger partial charge in [-0.3, -0.25) is 14.5 Å². The van der Waals surface area contributed by atoms with Crippen LogP contribution in [0, 0.1) is 0 Å². The monoisotopic (exact) mass is 229 g/mol. The SMILES string of the molecule is Cn1ccc(C(=O)N/N=C/c2cccnc2)n1. The van der Waals surface area contributed by atoms with Crippen LogP contribution in [0.5, 0.6) is 0 Å². The van der Waals surface area contributed by atoms with Crippen molar-refractivity contribution >= 4 is 12.1 Å². The van der Waals surface area contributed by atoms with E-state index in [0.717, 1.165) is 5.56 Å². The summed E-state index contributed by atoms with van der Waals surface area (Å²) in [5.41, 5.74) is 3.53. The maximum Gasteiger partial charge on any atom is 0.291 e. The van der Waals surface area contributed by atoms with Gasteiger partial charge in [0.15, 0.2) is 5.69 Å². The van der Waals surface area contributed by atoms with Crippen LogP contribution < -0.4 is 5.43 Å². The van der Waals surface area contributed by atoms with E-state index in [9.17, 15) is 4.79 Å². The summed E-state index contributed by atoms with van der Waals surface area (Å²) < 4.78 is 1.56. The van der Waals surface area contributed by atoms with E-state index < -0.39 is 0 Å². The van der Waals surface area contributed by atoms with Gasteiger partial charge in [-0.1, -0.05) is 6.07 Å². The van der Waals surface area contributed by atoms with E-state index in [2.05, 4.69) is 20.6 Å². The Balaban J connectivity index is 1.95.